The molecule has 5 aromatic carbocycles. The first-order valence-corrected chi connectivity index (χ1v) is 14.8. The van der Waals surface area contributed by atoms with E-state index < -0.39 is 0 Å². The molecule has 7 aromatic rings. The summed E-state index contributed by atoms with van der Waals surface area (Å²) in [6.07, 6.45) is 4.77. The number of aromatic nitrogens is 2. The smallest absolute Gasteiger partial charge is 0.0541 e. The van der Waals surface area contributed by atoms with Crippen molar-refractivity contribution in [2.45, 2.75) is 16.1 Å². The Labute approximate surface area is 237 Å². The fraction of sp³-hybridized carbons (Fsp3) is 0.0811. The molecule has 0 saturated heterocycles. The Hall–Kier alpha value is -4.47. The van der Waals surface area contributed by atoms with Crippen molar-refractivity contribution in [2.24, 2.45) is 7.05 Å². The number of benzene rings is 5. The van der Waals surface area contributed by atoms with Crippen LogP contribution in [0, 0.1) is 0 Å². The van der Waals surface area contributed by atoms with Crippen molar-refractivity contribution in [3.05, 3.63) is 138 Å². The first-order chi connectivity index (χ1) is 19.8. The SMILES string of the molecule is Cn1c2c(c3ccc(-c4ccc5c(c4)c4ccccc4n5-c4ccccc4)cc31)C1Sc3ccccc3C1C=C2. The van der Waals surface area contributed by atoms with Crippen LogP contribution in [-0.4, -0.2) is 9.13 Å². The summed E-state index contributed by atoms with van der Waals surface area (Å²) in [5, 5.41) is 4.39. The monoisotopic (exact) mass is 530 g/mol. The number of allylic oxidation sites excluding steroid dienone is 1. The number of nitrogens with zero attached hydrogens (tertiary/aromatic N) is 2. The molecule has 2 unspecified atom stereocenters. The number of thioether (sulfide) groups is 1. The van der Waals surface area contributed by atoms with Gasteiger partial charge >= 0.3 is 0 Å². The number of rotatable bonds is 2. The molecule has 3 heterocycles. The second kappa shape index (κ2) is 8.27. The summed E-state index contributed by atoms with van der Waals surface area (Å²) in [5.74, 6) is 0.448. The average Bonchev–Trinajstić information content (AvgIpc) is 3.65. The van der Waals surface area contributed by atoms with Gasteiger partial charge in [0, 0.05) is 56.2 Å². The van der Waals surface area contributed by atoms with Gasteiger partial charge in [0.1, 0.15) is 0 Å². The van der Waals surface area contributed by atoms with Gasteiger partial charge in [0.2, 0.25) is 0 Å². The zero-order valence-corrected chi connectivity index (χ0v) is 22.9. The lowest BCUT2D eigenvalue weighted by Gasteiger charge is -2.21. The zero-order valence-electron chi connectivity index (χ0n) is 22.1. The van der Waals surface area contributed by atoms with E-state index in [4.69, 9.17) is 0 Å². The van der Waals surface area contributed by atoms with E-state index in [9.17, 15) is 0 Å². The van der Waals surface area contributed by atoms with Gasteiger partial charge in [-0.15, -0.1) is 11.8 Å². The molecule has 0 amide bonds. The van der Waals surface area contributed by atoms with Gasteiger partial charge in [-0.3, -0.25) is 0 Å². The lowest BCUT2D eigenvalue weighted by atomic mass is 9.86. The van der Waals surface area contributed by atoms with E-state index in [2.05, 4.69) is 144 Å². The molecule has 0 N–H and O–H groups in total. The zero-order chi connectivity index (χ0) is 26.4. The van der Waals surface area contributed by atoms with E-state index >= 15 is 0 Å². The lowest BCUT2D eigenvalue weighted by molar-refractivity contribution is 0.807. The minimum atomic E-state index is 0.437. The molecule has 0 bridgehead atoms. The van der Waals surface area contributed by atoms with Crippen LogP contribution >= 0.6 is 11.8 Å². The summed E-state index contributed by atoms with van der Waals surface area (Å²) >= 11 is 2.03. The number of hydrogen-bond acceptors (Lipinski definition) is 1. The topological polar surface area (TPSA) is 9.86 Å². The third-order valence-electron chi connectivity index (χ3n) is 8.91. The van der Waals surface area contributed by atoms with Crippen LogP contribution in [0.1, 0.15) is 28.0 Å². The Bertz CT molecular complexity index is 2160. The maximum Gasteiger partial charge on any atom is 0.0541 e. The molecule has 0 fully saturated rings. The molecule has 3 heteroatoms. The molecule has 0 spiro atoms. The predicted octanol–water partition coefficient (Wildman–Crippen LogP) is 9.90. The standard InChI is InChI=1S/C37H26N2S/c1-38-33-20-18-28-27-12-6-8-14-35(27)40-37(28)36(33)29-17-15-24(22-34(29)38)23-16-19-32-30(21-23)26-11-5-7-13-31(26)39(32)25-9-3-2-4-10-25/h2-22,28,37H,1H3. The Morgan fingerprint density at radius 3 is 2.30 bits per heavy atom. The van der Waals surface area contributed by atoms with Crippen molar-refractivity contribution < 1.29 is 0 Å². The van der Waals surface area contributed by atoms with Crippen molar-refractivity contribution in [3.63, 3.8) is 0 Å². The molecule has 1 aliphatic carbocycles. The molecule has 1 aliphatic heterocycles. The van der Waals surface area contributed by atoms with E-state index in [-0.39, 0.29) is 0 Å². The number of hydrogen-bond donors (Lipinski definition) is 0. The molecule has 9 rings (SSSR count). The summed E-state index contributed by atoms with van der Waals surface area (Å²) in [6, 6.07) is 42.4. The number of fused-ring (bicyclic) bond motifs is 10. The van der Waals surface area contributed by atoms with E-state index in [1.165, 1.54) is 71.2 Å². The van der Waals surface area contributed by atoms with Crippen LogP contribution in [-0.2, 0) is 7.05 Å². The van der Waals surface area contributed by atoms with Crippen molar-refractivity contribution in [3.8, 4) is 16.8 Å². The third-order valence-corrected chi connectivity index (χ3v) is 10.3. The van der Waals surface area contributed by atoms with Crippen molar-refractivity contribution in [1.29, 1.82) is 0 Å². The number of aryl methyl sites for hydroxylation is 1. The maximum atomic E-state index is 2.42. The van der Waals surface area contributed by atoms with Gasteiger partial charge in [-0.1, -0.05) is 78.9 Å². The van der Waals surface area contributed by atoms with Crippen LogP contribution in [0.5, 0.6) is 0 Å². The minimum Gasteiger partial charge on any atom is -0.344 e. The van der Waals surface area contributed by atoms with E-state index in [0.29, 0.717) is 11.2 Å². The van der Waals surface area contributed by atoms with Crippen molar-refractivity contribution in [2.75, 3.05) is 0 Å². The fourth-order valence-electron chi connectivity index (χ4n) is 7.05. The summed E-state index contributed by atoms with van der Waals surface area (Å²) in [4.78, 5) is 1.42. The molecule has 2 atom stereocenters. The highest BCUT2D eigenvalue weighted by Gasteiger charge is 2.38. The van der Waals surface area contributed by atoms with Gasteiger partial charge in [-0.2, -0.15) is 0 Å². The van der Waals surface area contributed by atoms with E-state index in [1.807, 2.05) is 11.8 Å². The van der Waals surface area contributed by atoms with Gasteiger partial charge in [0.25, 0.3) is 0 Å². The highest BCUT2D eigenvalue weighted by Crippen LogP contribution is 2.59. The molecular formula is C37H26N2S. The first kappa shape index (κ1) is 22.4. The number of para-hydroxylation sites is 2. The third kappa shape index (κ3) is 3.01. The van der Waals surface area contributed by atoms with Gasteiger partial charge < -0.3 is 9.13 Å². The Morgan fingerprint density at radius 2 is 1.38 bits per heavy atom. The van der Waals surface area contributed by atoms with Crippen LogP contribution in [0.25, 0.3) is 55.6 Å². The summed E-state index contributed by atoms with van der Waals surface area (Å²) < 4.78 is 4.77. The molecule has 2 nitrogen and oxygen atoms in total. The summed E-state index contributed by atoms with van der Waals surface area (Å²) in [6.45, 7) is 0. The molecule has 2 aromatic heterocycles. The molecular weight excluding hydrogens is 504 g/mol. The fourth-order valence-corrected chi connectivity index (χ4v) is 8.57. The highest BCUT2D eigenvalue weighted by atomic mass is 32.2. The van der Waals surface area contributed by atoms with E-state index in [1.54, 1.807) is 0 Å². The Morgan fingerprint density at radius 1 is 0.625 bits per heavy atom. The quantitative estimate of drug-likeness (QED) is 0.216. The van der Waals surface area contributed by atoms with Gasteiger partial charge in [0.15, 0.2) is 0 Å². The molecule has 40 heavy (non-hydrogen) atoms. The minimum absolute atomic E-state index is 0.437. The lowest BCUT2D eigenvalue weighted by Crippen LogP contribution is -2.07. The molecule has 2 aliphatic rings. The van der Waals surface area contributed by atoms with Gasteiger partial charge in [0.05, 0.1) is 11.0 Å². The normalized spacial score (nSPS) is 17.4. The highest BCUT2D eigenvalue weighted by molar-refractivity contribution is 8.00. The maximum absolute atomic E-state index is 2.42. The van der Waals surface area contributed by atoms with Crippen LogP contribution in [0.4, 0.5) is 0 Å². The summed E-state index contributed by atoms with van der Waals surface area (Å²) in [5.41, 5.74) is 11.8. The Kier molecular flexibility index (Phi) is 4.62. The van der Waals surface area contributed by atoms with Crippen LogP contribution in [0.2, 0.25) is 0 Å². The van der Waals surface area contributed by atoms with Crippen molar-refractivity contribution in [1.82, 2.24) is 9.13 Å². The predicted molar refractivity (Wildman–Crippen MR) is 170 cm³/mol. The van der Waals surface area contributed by atoms with Crippen LogP contribution < -0.4 is 0 Å². The molecule has 0 saturated carbocycles. The van der Waals surface area contributed by atoms with Gasteiger partial charge in [-0.25, -0.2) is 0 Å². The van der Waals surface area contributed by atoms with Crippen LogP contribution in [0.3, 0.4) is 0 Å². The molecule has 190 valence electrons. The Balaban J connectivity index is 1.20. The summed E-state index contributed by atoms with van der Waals surface area (Å²) in [7, 11) is 2.22. The average molecular weight is 531 g/mol. The van der Waals surface area contributed by atoms with E-state index in [0.717, 1.165) is 0 Å². The first-order valence-electron chi connectivity index (χ1n) is 13.9. The second-order valence-corrected chi connectivity index (χ2v) is 12.2. The molecule has 0 radical (unpaired) electrons. The second-order valence-electron chi connectivity index (χ2n) is 11.0. The van der Waals surface area contributed by atoms with Crippen LogP contribution in [0.15, 0.2) is 126 Å². The largest absolute Gasteiger partial charge is 0.344 e. The van der Waals surface area contributed by atoms with Gasteiger partial charge in [-0.05, 0) is 70.8 Å². The van der Waals surface area contributed by atoms with Crippen molar-refractivity contribution >= 4 is 50.5 Å².